The molecule has 0 saturated carbocycles. The first-order valence-electron chi connectivity index (χ1n) is 15.8. The number of hydrogen-bond acceptors (Lipinski definition) is 7. The van der Waals surface area contributed by atoms with Gasteiger partial charge in [-0.05, 0) is 82.8 Å². The van der Waals surface area contributed by atoms with Gasteiger partial charge in [0.15, 0.2) is 0 Å². The molecule has 0 unspecified atom stereocenters. The Labute approximate surface area is 270 Å². The van der Waals surface area contributed by atoms with Crippen molar-refractivity contribution >= 4 is 26.2 Å². The van der Waals surface area contributed by atoms with Crippen LogP contribution in [0.1, 0.15) is 71.2 Å². The van der Waals surface area contributed by atoms with Crippen LogP contribution in [-0.4, -0.2) is 66.5 Å². The molecule has 1 amide bonds. The number of hydrogen-bond donors (Lipinski definition) is 0. The van der Waals surface area contributed by atoms with Crippen LogP contribution in [0.25, 0.3) is 22.3 Å². The fraction of sp³-hybridized carbons (Fsp3) is 0.576. The highest BCUT2D eigenvalue weighted by Gasteiger charge is 2.35. The monoisotopic (exact) mass is 658 g/mol. The molecule has 1 fully saturated rings. The molecule has 3 aromatic rings. The van der Waals surface area contributed by atoms with E-state index in [1.54, 1.807) is 17.2 Å². The number of carbonyl (C=O) groups is 1. The number of alkyl halides is 3. The molecule has 9 nitrogen and oxygen atoms in total. The van der Waals surface area contributed by atoms with Crippen LogP contribution in [-0.2, 0) is 21.9 Å². The van der Waals surface area contributed by atoms with Crippen molar-refractivity contribution in [2.45, 2.75) is 90.7 Å². The highest BCUT2D eigenvalue weighted by Crippen LogP contribution is 2.40. The molecule has 249 valence electrons. The van der Waals surface area contributed by atoms with Gasteiger partial charge in [-0.3, -0.25) is 0 Å². The minimum absolute atomic E-state index is 0.111. The van der Waals surface area contributed by atoms with E-state index in [0.717, 1.165) is 37.8 Å². The molecule has 4 rings (SSSR count). The molecule has 0 bridgehead atoms. The first-order chi connectivity index (χ1) is 21.8. The molecule has 1 aromatic carbocycles. The summed E-state index contributed by atoms with van der Waals surface area (Å²) in [5.41, 5.74) is -0.551. The van der Waals surface area contributed by atoms with Gasteiger partial charge in [0.25, 0.3) is 0 Å². The van der Waals surface area contributed by atoms with Gasteiger partial charge < -0.3 is 23.4 Å². The largest absolute Gasteiger partial charge is 0.493 e. The Hall–Kier alpha value is -3.63. The SMILES string of the molecule is CCCC[Si](C)OCCn1ccc2c(-c3ccc(OCCC4CCN(C(=O)OC(C)(C)C)CC4)c(C(F)(F)F)c3)nc(C#N)nc21. The number of benzene rings is 1. The first-order valence-corrected chi connectivity index (χ1v) is 17.9. The number of fused-ring (bicyclic) bond motifs is 1. The lowest BCUT2D eigenvalue weighted by atomic mass is 9.94. The topological polar surface area (TPSA) is 103 Å². The van der Waals surface area contributed by atoms with Crippen LogP contribution >= 0.6 is 0 Å². The third-order valence-corrected chi connectivity index (χ3v) is 9.64. The predicted molar refractivity (Wildman–Crippen MR) is 171 cm³/mol. The van der Waals surface area contributed by atoms with E-state index in [1.165, 1.54) is 12.1 Å². The van der Waals surface area contributed by atoms with Crippen molar-refractivity contribution in [3.8, 4) is 23.1 Å². The van der Waals surface area contributed by atoms with Crippen LogP contribution < -0.4 is 4.74 Å². The molecule has 2 aromatic heterocycles. The van der Waals surface area contributed by atoms with E-state index in [4.69, 9.17) is 13.9 Å². The zero-order valence-electron chi connectivity index (χ0n) is 27.2. The van der Waals surface area contributed by atoms with Gasteiger partial charge in [0.2, 0.25) is 14.9 Å². The minimum atomic E-state index is -4.67. The van der Waals surface area contributed by atoms with E-state index in [-0.39, 0.29) is 41.4 Å². The van der Waals surface area contributed by atoms with Crippen LogP contribution in [0.2, 0.25) is 12.6 Å². The summed E-state index contributed by atoms with van der Waals surface area (Å²) in [4.78, 5) is 22.7. The fourth-order valence-corrected chi connectivity index (χ4v) is 6.86. The first kappa shape index (κ1) is 35.2. The van der Waals surface area contributed by atoms with E-state index in [1.807, 2.05) is 31.4 Å². The number of rotatable bonds is 12. The molecule has 0 spiro atoms. The molecule has 0 N–H and O–H groups in total. The second-order valence-electron chi connectivity index (χ2n) is 12.7. The van der Waals surface area contributed by atoms with E-state index < -0.39 is 26.4 Å². The second kappa shape index (κ2) is 15.3. The summed E-state index contributed by atoms with van der Waals surface area (Å²) < 4.78 is 61.8. The standard InChI is InChI=1S/C33H43F3N5O4Si/c1-6-7-20-46(5)44-19-17-40-16-12-25-29(38-28(22-37)39-30(25)40)24-8-9-27(26(21-24)33(34,35)36)43-18-13-23-10-14-41(15-11-23)31(42)45-32(2,3)4/h8-9,12,16,21,23H,6-7,10-11,13-15,17-20H2,1-5H3. The van der Waals surface area contributed by atoms with Crippen LogP contribution in [0.3, 0.4) is 0 Å². The lowest BCUT2D eigenvalue weighted by Gasteiger charge is -2.33. The number of unbranched alkanes of at least 4 members (excludes halogenated alkanes) is 1. The zero-order valence-corrected chi connectivity index (χ0v) is 28.2. The maximum atomic E-state index is 14.3. The smallest absolute Gasteiger partial charge is 0.419 e. The molecule has 46 heavy (non-hydrogen) atoms. The number of carbonyl (C=O) groups excluding carboxylic acids is 1. The Morgan fingerprint density at radius 1 is 1.13 bits per heavy atom. The van der Waals surface area contributed by atoms with Crippen molar-refractivity contribution in [2.24, 2.45) is 5.92 Å². The van der Waals surface area contributed by atoms with Gasteiger partial charge in [-0.15, -0.1) is 0 Å². The number of aromatic nitrogens is 3. The van der Waals surface area contributed by atoms with Crippen molar-refractivity contribution in [1.29, 1.82) is 5.26 Å². The van der Waals surface area contributed by atoms with E-state index >= 15 is 0 Å². The number of nitrogens with zero attached hydrogens (tertiary/aromatic N) is 5. The average molecular weight is 659 g/mol. The average Bonchev–Trinajstić information content (AvgIpc) is 3.41. The minimum Gasteiger partial charge on any atom is -0.493 e. The summed E-state index contributed by atoms with van der Waals surface area (Å²) >= 11 is 0. The van der Waals surface area contributed by atoms with Gasteiger partial charge in [0, 0.05) is 36.8 Å². The highest BCUT2D eigenvalue weighted by atomic mass is 28.3. The molecule has 1 saturated heterocycles. The highest BCUT2D eigenvalue weighted by molar-refractivity contribution is 6.50. The second-order valence-corrected chi connectivity index (χ2v) is 14.9. The summed E-state index contributed by atoms with van der Waals surface area (Å²) in [5, 5.41) is 10.2. The lowest BCUT2D eigenvalue weighted by molar-refractivity contribution is -0.138. The molecule has 3 heterocycles. The van der Waals surface area contributed by atoms with Gasteiger partial charge in [0.05, 0.1) is 24.5 Å². The molecule has 13 heteroatoms. The van der Waals surface area contributed by atoms with Crippen LogP contribution in [0.15, 0.2) is 30.5 Å². The number of ether oxygens (including phenoxy) is 2. The van der Waals surface area contributed by atoms with Crippen molar-refractivity contribution in [3.05, 3.63) is 41.9 Å². The molecular formula is C33H43F3N5O4Si. The summed E-state index contributed by atoms with van der Waals surface area (Å²) in [7, 11) is -0.903. The molecule has 1 aliphatic heterocycles. The van der Waals surface area contributed by atoms with Gasteiger partial charge in [-0.25, -0.2) is 14.8 Å². The fourth-order valence-electron chi connectivity index (χ4n) is 5.42. The molecule has 1 radical (unpaired) electrons. The van der Waals surface area contributed by atoms with E-state index in [0.29, 0.717) is 43.7 Å². The Kier molecular flexibility index (Phi) is 11.7. The number of amides is 1. The zero-order chi connectivity index (χ0) is 33.5. The summed E-state index contributed by atoms with van der Waals surface area (Å²) in [6.45, 7) is 11.9. The number of piperidine rings is 1. The lowest BCUT2D eigenvalue weighted by Crippen LogP contribution is -2.41. The maximum Gasteiger partial charge on any atom is 0.419 e. The summed E-state index contributed by atoms with van der Waals surface area (Å²) in [5.74, 6) is -0.164. The Morgan fingerprint density at radius 2 is 1.87 bits per heavy atom. The van der Waals surface area contributed by atoms with Crippen LogP contribution in [0.4, 0.5) is 18.0 Å². The van der Waals surface area contributed by atoms with E-state index in [9.17, 15) is 23.2 Å². The van der Waals surface area contributed by atoms with Gasteiger partial charge in [-0.2, -0.15) is 18.4 Å². The Bertz CT molecular complexity index is 1520. The van der Waals surface area contributed by atoms with Crippen molar-refractivity contribution in [2.75, 3.05) is 26.3 Å². The van der Waals surface area contributed by atoms with Gasteiger partial charge in [-0.1, -0.05) is 19.8 Å². The van der Waals surface area contributed by atoms with Crippen molar-refractivity contribution in [3.63, 3.8) is 0 Å². The third-order valence-electron chi connectivity index (χ3n) is 7.89. The quantitative estimate of drug-likeness (QED) is 0.183. The van der Waals surface area contributed by atoms with Gasteiger partial charge >= 0.3 is 12.3 Å². The Morgan fingerprint density at radius 3 is 2.52 bits per heavy atom. The maximum absolute atomic E-state index is 14.3. The Balaban J connectivity index is 1.45. The van der Waals surface area contributed by atoms with Crippen molar-refractivity contribution < 1.29 is 31.9 Å². The normalized spacial score (nSPS) is 14.6. The summed E-state index contributed by atoms with van der Waals surface area (Å²) in [6, 6.07) is 8.64. The number of nitriles is 1. The molecular weight excluding hydrogens is 615 g/mol. The molecule has 1 aliphatic rings. The van der Waals surface area contributed by atoms with Crippen molar-refractivity contribution in [1.82, 2.24) is 19.4 Å². The third kappa shape index (κ3) is 9.45. The van der Waals surface area contributed by atoms with Crippen LogP contribution in [0, 0.1) is 17.2 Å². The van der Waals surface area contributed by atoms with Gasteiger partial charge in [0.1, 0.15) is 23.1 Å². The molecule has 0 atom stereocenters. The van der Waals surface area contributed by atoms with E-state index in [2.05, 4.69) is 23.4 Å². The number of likely N-dealkylation sites (tertiary alicyclic amines) is 1. The number of halogens is 3. The molecule has 0 aliphatic carbocycles. The van der Waals surface area contributed by atoms with Crippen LogP contribution in [0.5, 0.6) is 5.75 Å². The predicted octanol–water partition coefficient (Wildman–Crippen LogP) is 7.84. The summed E-state index contributed by atoms with van der Waals surface area (Å²) in [6.07, 6.45) is 1.03.